The van der Waals surface area contributed by atoms with Crippen LogP contribution in [-0.4, -0.2) is 36.3 Å². The number of alkyl halides is 1. The molecule has 0 heterocycles. The van der Waals surface area contributed by atoms with E-state index in [1.54, 1.807) is 6.20 Å². The quantitative estimate of drug-likeness (QED) is 0.315. The van der Waals surface area contributed by atoms with Crippen LogP contribution < -0.4 is 5.32 Å². The van der Waals surface area contributed by atoms with E-state index in [1.165, 1.54) is 0 Å². The zero-order chi connectivity index (χ0) is 11.7. The van der Waals surface area contributed by atoms with Crippen LogP contribution in [0.1, 0.15) is 20.3 Å². The van der Waals surface area contributed by atoms with Gasteiger partial charge in [0.05, 0.1) is 12.6 Å². The van der Waals surface area contributed by atoms with Crippen LogP contribution in [0.3, 0.4) is 0 Å². The maximum absolute atomic E-state index is 9.05. The normalized spacial score (nSPS) is 14.9. The third-order valence-corrected chi connectivity index (χ3v) is 2.05. The summed E-state index contributed by atoms with van der Waals surface area (Å²) in [5, 5.41) is 12.1. The van der Waals surface area contributed by atoms with E-state index in [9.17, 15) is 0 Å². The molecule has 0 aliphatic heterocycles. The van der Waals surface area contributed by atoms with E-state index in [0.717, 1.165) is 12.0 Å². The van der Waals surface area contributed by atoms with Crippen molar-refractivity contribution >= 4 is 24.2 Å². The van der Waals surface area contributed by atoms with Crippen molar-refractivity contribution in [1.82, 2.24) is 5.32 Å². The lowest BCUT2D eigenvalue weighted by atomic mass is 10.2. The van der Waals surface area contributed by atoms with Gasteiger partial charge in [-0.2, -0.15) is 0 Å². The van der Waals surface area contributed by atoms with Crippen molar-refractivity contribution < 1.29 is 5.11 Å². The molecule has 0 fully saturated rings. The molecule has 0 aliphatic carbocycles. The van der Waals surface area contributed by atoms with Gasteiger partial charge in [-0.3, -0.25) is 9.98 Å². The van der Waals surface area contributed by atoms with Crippen molar-refractivity contribution in [2.45, 2.75) is 26.3 Å². The number of rotatable bonds is 6. The Labute approximate surface area is 95.8 Å². The minimum Gasteiger partial charge on any atom is -0.394 e. The summed E-state index contributed by atoms with van der Waals surface area (Å²) in [6.45, 7) is 7.27. The van der Waals surface area contributed by atoms with E-state index in [4.69, 9.17) is 16.7 Å². The molecular formula is C10H18ClN3O. The van der Waals surface area contributed by atoms with Gasteiger partial charge in [-0.1, -0.05) is 6.92 Å². The van der Waals surface area contributed by atoms with Crippen molar-refractivity contribution in [2.24, 2.45) is 9.98 Å². The molecular weight excluding hydrogens is 214 g/mol. The summed E-state index contributed by atoms with van der Waals surface area (Å²) in [5.74, 6) is 0.651. The lowest BCUT2D eigenvalue weighted by Gasteiger charge is -2.17. The van der Waals surface area contributed by atoms with Crippen LogP contribution in [0.25, 0.3) is 0 Å². The zero-order valence-corrected chi connectivity index (χ0v) is 9.96. The molecule has 1 atom stereocenters. The molecule has 5 heteroatoms. The highest BCUT2D eigenvalue weighted by Gasteiger charge is 2.08. The fourth-order valence-electron chi connectivity index (χ4n) is 1.01. The summed E-state index contributed by atoms with van der Waals surface area (Å²) in [6.07, 6.45) is 2.41. The second kappa shape index (κ2) is 8.44. The van der Waals surface area contributed by atoms with E-state index in [-0.39, 0.29) is 18.7 Å². The lowest BCUT2D eigenvalue weighted by molar-refractivity contribution is 0.252. The van der Waals surface area contributed by atoms with Crippen LogP contribution in [0.4, 0.5) is 0 Å². The van der Waals surface area contributed by atoms with E-state index >= 15 is 0 Å². The molecule has 0 spiro atoms. The highest BCUT2D eigenvalue weighted by Crippen LogP contribution is 1.99. The summed E-state index contributed by atoms with van der Waals surface area (Å²) in [7, 11) is 0. The summed E-state index contributed by atoms with van der Waals surface area (Å²) >= 11 is 5.55. The maximum atomic E-state index is 9.05. The average Bonchev–Trinajstić information content (AvgIpc) is 2.24. The third-order valence-electron chi connectivity index (χ3n) is 1.93. The first-order chi connectivity index (χ1) is 7.19. The van der Waals surface area contributed by atoms with Gasteiger partial charge in [0.2, 0.25) is 0 Å². The Hall–Kier alpha value is -0.870. The molecule has 0 radical (unpaired) electrons. The molecule has 0 bridgehead atoms. The molecule has 0 saturated carbocycles. The highest BCUT2D eigenvalue weighted by atomic mass is 35.5. The molecule has 15 heavy (non-hydrogen) atoms. The Bertz CT molecular complexity index is 247. The largest absolute Gasteiger partial charge is 0.394 e. The minimum absolute atomic E-state index is 0.0138. The van der Waals surface area contributed by atoms with Crippen molar-refractivity contribution in [1.29, 1.82) is 0 Å². The monoisotopic (exact) mass is 231 g/mol. The molecule has 0 rings (SSSR count). The van der Waals surface area contributed by atoms with E-state index in [2.05, 4.69) is 22.0 Å². The zero-order valence-electron chi connectivity index (χ0n) is 9.20. The Morgan fingerprint density at radius 1 is 1.67 bits per heavy atom. The van der Waals surface area contributed by atoms with Gasteiger partial charge in [0, 0.05) is 11.8 Å². The minimum atomic E-state index is -0.0138. The SMILES string of the molecule is C=N/C=C(C)\C(=N/CCl)NC(CC)CO. The Morgan fingerprint density at radius 2 is 2.33 bits per heavy atom. The van der Waals surface area contributed by atoms with Gasteiger partial charge in [-0.15, -0.1) is 11.6 Å². The van der Waals surface area contributed by atoms with Crippen LogP contribution in [0.5, 0.6) is 0 Å². The van der Waals surface area contributed by atoms with Gasteiger partial charge in [0.25, 0.3) is 0 Å². The van der Waals surface area contributed by atoms with Crippen molar-refractivity contribution in [3.05, 3.63) is 11.8 Å². The van der Waals surface area contributed by atoms with Crippen LogP contribution in [0.2, 0.25) is 0 Å². The number of nitrogens with zero attached hydrogens (tertiary/aromatic N) is 2. The summed E-state index contributed by atoms with van der Waals surface area (Å²) in [4.78, 5) is 7.74. The summed E-state index contributed by atoms with van der Waals surface area (Å²) < 4.78 is 0. The van der Waals surface area contributed by atoms with Gasteiger partial charge in [-0.05, 0) is 20.1 Å². The molecule has 4 nitrogen and oxygen atoms in total. The maximum Gasteiger partial charge on any atom is 0.126 e. The Kier molecular flexibility index (Phi) is 7.95. The van der Waals surface area contributed by atoms with Crippen LogP contribution in [-0.2, 0) is 0 Å². The summed E-state index contributed by atoms with van der Waals surface area (Å²) in [5.41, 5.74) is 0.845. The van der Waals surface area contributed by atoms with Gasteiger partial charge in [0.15, 0.2) is 0 Å². The smallest absolute Gasteiger partial charge is 0.126 e. The number of aliphatic hydroxyl groups is 1. The van der Waals surface area contributed by atoms with Gasteiger partial charge in [-0.25, -0.2) is 0 Å². The lowest BCUT2D eigenvalue weighted by Crippen LogP contribution is -2.37. The summed E-state index contributed by atoms with van der Waals surface area (Å²) in [6, 6.07) is 0.159. The fourth-order valence-corrected chi connectivity index (χ4v) is 1.13. The highest BCUT2D eigenvalue weighted by molar-refractivity contribution is 6.18. The number of amidine groups is 1. The molecule has 0 amide bonds. The predicted octanol–water partition coefficient (Wildman–Crippen LogP) is 1.55. The molecule has 86 valence electrons. The first-order valence-corrected chi connectivity index (χ1v) is 5.33. The van der Waals surface area contributed by atoms with Crippen LogP contribution in [0, 0.1) is 0 Å². The number of halogens is 1. The van der Waals surface area contributed by atoms with Crippen molar-refractivity contribution in [3.8, 4) is 0 Å². The third kappa shape index (κ3) is 5.54. The number of nitrogens with one attached hydrogen (secondary N) is 1. The Morgan fingerprint density at radius 3 is 2.73 bits per heavy atom. The number of hydrogen-bond donors (Lipinski definition) is 2. The standard InChI is InChI=1S/C10H18ClN3O/c1-4-9(6-15)14-10(13-7-11)8(2)5-12-3/h5,9,15H,3-4,6-7H2,1-2H3,(H,13,14)/b8-5-. The van der Waals surface area contributed by atoms with E-state index in [0.29, 0.717) is 5.84 Å². The molecule has 1 unspecified atom stereocenters. The van der Waals surface area contributed by atoms with Crippen molar-refractivity contribution in [3.63, 3.8) is 0 Å². The number of aliphatic hydroxyl groups excluding tert-OH is 1. The molecule has 0 aromatic carbocycles. The van der Waals surface area contributed by atoms with Crippen molar-refractivity contribution in [2.75, 3.05) is 12.6 Å². The number of hydrogen-bond acceptors (Lipinski definition) is 3. The fraction of sp³-hybridized carbons (Fsp3) is 0.600. The van der Waals surface area contributed by atoms with Crippen LogP contribution in [0.15, 0.2) is 21.8 Å². The second-order valence-electron chi connectivity index (χ2n) is 3.05. The molecule has 0 saturated heterocycles. The van der Waals surface area contributed by atoms with Gasteiger partial charge in [0.1, 0.15) is 11.8 Å². The first-order valence-electron chi connectivity index (χ1n) is 4.80. The molecule has 0 aromatic rings. The molecule has 2 N–H and O–H groups in total. The second-order valence-corrected chi connectivity index (χ2v) is 3.29. The van der Waals surface area contributed by atoms with E-state index < -0.39 is 0 Å². The van der Waals surface area contributed by atoms with Crippen LogP contribution >= 0.6 is 11.6 Å². The Balaban J connectivity index is 4.61. The first kappa shape index (κ1) is 14.1. The topological polar surface area (TPSA) is 57.0 Å². The average molecular weight is 232 g/mol. The number of aliphatic imine (C=N–C) groups is 2. The molecule has 0 aromatic heterocycles. The van der Waals surface area contributed by atoms with E-state index in [1.807, 2.05) is 13.8 Å². The van der Waals surface area contributed by atoms with Gasteiger partial charge < -0.3 is 10.4 Å². The molecule has 0 aliphatic rings. The van der Waals surface area contributed by atoms with Gasteiger partial charge >= 0.3 is 0 Å². The predicted molar refractivity (Wildman–Crippen MR) is 65.8 cm³/mol.